The van der Waals surface area contributed by atoms with Crippen LogP contribution in [0.15, 0.2) is 42.5 Å². The van der Waals surface area contributed by atoms with Crippen molar-refractivity contribution in [2.75, 3.05) is 0 Å². The summed E-state index contributed by atoms with van der Waals surface area (Å²) in [4.78, 5) is 15.2. The van der Waals surface area contributed by atoms with Gasteiger partial charge in [-0.25, -0.2) is 9.37 Å². The van der Waals surface area contributed by atoms with Crippen LogP contribution in [0.25, 0.3) is 21.7 Å². The third-order valence-electron chi connectivity index (χ3n) is 2.80. The van der Waals surface area contributed by atoms with Crippen molar-refractivity contribution in [3.8, 4) is 0 Å². The molecule has 2 aromatic carbocycles. The van der Waals surface area contributed by atoms with Crippen LogP contribution in [0.5, 0.6) is 0 Å². The summed E-state index contributed by atoms with van der Waals surface area (Å²) in [5.41, 5.74) is 1.02. The van der Waals surface area contributed by atoms with Crippen molar-refractivity contribution in [1.82, 2.24) is 4.98 Å². The van der Waals surface area contributed by atoms with Gasteiger partial charge in [-0.1, -0.05) is 24.3 Å². The second kappa shape index (κ2) is 3.63. The fourth-order valence-electron chi connectivity index (χ4n) is 2.04. The van der Waals surface area contributed by atoms with Gasteiger partial charge < -0.3 is 0 Å². The number of pyridine rings is 1. The second-order valence-electron chi connectivity index (χ2n) is 3.82. The van der Waals surface area contributed by atoms with Crippen LogP contribution in [0.2, 0.25) is 0 Å². The van der Waals surface area contributed by atoms with E-state index in [2.05, 4.69) is 4.98 Å². The van der Waals surface area contributed by atoms with Gasteiger partial charge in [-0.15, -0.1) is 0 Å². The maximum atomic E-state index is 13.2. The lowest BCUT2D eigenvalue weighted by Crippen LogP contribution is -1.92. The van der Waals surface area contributed by atoms with Gasteiger partial charge in [-0.2, -0.15) is 0 Å². The van der Waals surface area contributed by atoms with E-state index in [0.717, 1.165) is 22.4 Å². The zero-order valence-electron chi connectivity index (χ0n) is 8.85. The molecule has 1 aromatic heterocycles. The lowest BCUT2D eigenvalue weighted by molar-refractivity contribution is 0.112. The molecule has 3 aromatic rings. The molecule has 0 spiro atoms. The average molecular weight is 225 g/mol. The van der Waals surface area contributed by atoms with E-state index in [1.165, 1.54) is 12.1 Å². The molecule has 0 atom stereocenters. The van der Waals surface area contributed by atoms with Crippen molar-refractivity contribution < 1.29 is 9.18 Å². The molecule has 0 radical (unpaired) electrons. The number of rotatable bonds is 1. The van der Waals surface area contributed by atoms with E-state index >= 15 is 0 Å². The molecule has 0 saturated carbocycles. The molecule has 0 amide bonds. The highest BCUT2D eigenvalue weighted by molar-refractivity contribution is 6.10. The molecule has 0 saturated heterocycles. The largest absolute Gasteiger partial charge is 0.296 e. The summed E-state index contributed by atoms with van der Waals surface area (Å²) in [6.45, 7) is 0. The topological polar surface area (TPSA) is 30.0 Å². The Morgan fingerprint density at radius 3 is 2.53 bits per heavy atom. The molecule has 0 aliphatic rings. The first-order valence-electron chi connectivity index (χ1n) is 5.23. The number of hydrogen-bond donors (Lipinski definition) is 0. The molecule has 3 heteroatoms. The Bertz CT molecular complexity index is 737. The van der Waals surface area contributed by atoms with E-state index in [9.17, 15) is 9.18 Å². The van der Waals surface area contributed by atoms with Crippen molar-refractivity contribution in [3.05, 3.63) is 54.0 Å². The van der Waals surface area contributed by atoms with Gasteiger partial charge in [0.25, 0.3) is 0 Å². The van der Waals surface area contributed by atoms with Gasteiger partial charge in [0.05, 0.1) is 5.52 Å². The quantitative estimate of drug-likeness (QED) is 0.469. The molecule has 1 heterocycles. The van der Waals surface area contributed by atoms with Crippen LogP contribution in [0, 0.1) is 5.82 Å². The van der Waals surface area contributed by atoms with E-state index in [-0.39, 0.29) is 5.82 Å². The van der Waals surface area contributed by atoms with Crippen LogP contribution in [-0.2, 0) is 0 Å². The SMILES string of the molecule is O=Cc1nc2ccc(F)cc2c2ccccc12. The van der Waals surface area contributed by atoms with E-state index in [1.807, 2.05) is 24.3 Å². The Morgan fingerprint density at radius 1 is 1.00 bits per heavy atom. The van der Waals surface area contributed by atoms with Gasteiger partial charge in [-0.3, -0.25) is 4.79 Å². The van der Waals surface area contributed by atoms with Crippen LogP contribution in [0.4, 0.5) is 4.39 Å². The normalized spacial score (nSPS) is 10.9. The van der Waals surface area contributed by atoms with E-state index in [0.29, 0.717) is 11.2 Å². The third kappa shape index (κ3) is 1.47. The Labute approximate surface area is 96.7 Å². The fraction of sp³-hybridized carbons (Fsp3) is 0. The number of carbonyl (C=O) groups excluding carboxylic acids is 1. The molecule has 0 aliphatic heterocycles. The number of fused-ring (bicyclic) bond motifs is 3. The lowest BCUT2D eigenvalue weighted by Gasteiger charge is -2.05. The summed E-state index contributed by atoms with van der Waals surface area (Å²) in [6.07, 6.45) is 0.727. The van der Waals surface area contributed by atoms with Gasteiger partial charge in [0.2, 0.25) is 0 Å². The molecule has 0 bridgehead atoms. The van der Waals surface area contributed by atoms with Gasteiger partial charge in [0.1, 0.15) is 11.5 Å². The molecule has 0 fully saturated rings. The number of aldehydes is 1. The van der Waals surface area contributed by atoms with Crippen molar-refractivity contribution in [1.29, 1.82) is 0 Å². The van der Waals surface area contributed by atoms with Crippen LogP contribution < -0.4 is 0 Å². The molecular weight excluding hydrogens is 217 g/mol. The number of hydrogen-bond acceptors (Lipinski definition) is 2. The van der Waals surface area contributed by atoms with E-state index < -0.39 is 0 Å². The molecule has 0 N–H and O–H groups in total. The number of carbonyl (C=O) groups is 1. The second-order valence-corrected chi connectivity index (χ2v) is 3.82. The predicted octanol–water partition coefficient (Wildman–Crippen LogP) is 3.34. The summed E-state index contributed by atoms with van der Waals surface area (Å²) < 4.78 is 13.2. The summed E-state index contributed by atoms with van der Waals surface area (Å²) in [7, 11) is 0. The van der Waals surface area contributed by atoms with Crippen molar-refractivity contribution in [2.45, 2.75) is 0 Å². The molecule has 0 unspecified atom stereocenters. The average Bonchev–Trinajstić information content (AvgIpc) is 2.38. The van der Waals surface area contributed by atoms with Crippen LogP contribution in [-0.4, -0.2) is 11.3 Å². The molecule has 2 nitrogen and oxygen atoms in total. The van der Waals surface area contributed by atoms with Gasteiger partial charge in [0, 0.05) is 10.8 Å². The van der Waals surface area contributed by atoms with Crippen molar-refractivity contribution in [2.24, 2.45) is 0 Å². The highest BCUT2D eigenvalue weighted by Crippen LogP contribution is 2.26. The lowest BCUT2D eigenvalue weighted by atomic mass is 10.0. The summed E-state index contributed by atoms with van der Waals surface area (Å²) in [6, 6.07) is 11.8. The minimum absolute atomic E-state index is 0.302. The minimum Gasteiger partial charge on any atom is -0.296 e. The van der Waals surface area contributed by atoms with Gasteiger partial charge in [-0.05, 0) is 23.6 Å². The van der Waals surface area contributed by atoms with Crippen molar-refractivity contribution in [3.63, 3.8) is 0 Å². The first-order valence-corrected chi connectivity index (χ1v) is 5.23. The Hall–Kier alpha value is -2.29. The third-order valence-corrected chi connectivity index (χ3v) is 2.80. The Morgan fingerprint density at radius 2 is 1.76 bits per heavy atom. The molecule has 0 aliphatic carbocycles. The first-order chi connectivity index (χ1) is 8.29. The van der Waals surface area contributed by atoms with Crippen LogP contribution in [0.1, 0.15) is 10.5 Å². The van der Waals surface area contributed by atoms with Crippen LogP contribution >= 0.6 is 0 Å². The minimum atomic E-state index is -0.302. The van der Waals surface area contributed by atoms with E-state index in [1.54, 1.807) is 6.07 Å². The van der Waals surface area contributed by atoms with Gasteiger partial charge in [0.15, 0.2) is 6.29 Å². The predicted molar refractivity (Wildman–Crippen MR) is 64.6 cm³/mol. The van der Waals surface area contributed by atoms with E-state index in [4.69, 9.17) is 0 Å². The first kappa shape index (κ1) is 9.90. The molecule has 17 heavy (non-hydrogen) atoms. The standard InChI is InChI=1S/C14H8FNO/c15-9-5-6-13-12(7-9)10-3-1-2-4-11(10)14(8-17)16-13/h1-8H. The summed E-state index contributed by atoms with van der Waals surface area (Å²) in [5, 5.41) is 2.32. The fourth-order valence-corrected chi connectivity index (χ4v) is 2.04. The smallest absolute Gasteiger partial charge is 0.169 e. The molecular formula is C14H8FNO. The number of aromatic nitrogens is 1. The monoisotopic (exact) mass is 225 g/mol. The molecule has 3 rings (SSSR count). The molecule has 82 valence electrons. The maximum Gasteiger partial charge on any atom is 0.169 e. The Kier molecular flexibility index (Phi) is 2.11. The van der Waals surface area contributed by atoms with Gasteiger partial charge >= 0.3 is 0 Å². The van der Waals surface area contributed by atoms with Crippen LogP contribution in [0.3, 0.4) is 0 Å². The zero-order valence-corrected chi connectivity index (χ0v) is 8.85. The highest BCUT2D eigenvalue weighted by Gasteiger charge is 2.07. The number of benzene rings is 2. The summed E-state index contributed by atoms with van der Waals surface area (Å²) >= 11 is 0. The number of halogens is 1. The van der Waals surface area contributed by atoms with Crippen molar-refractivity contribution >= 4 is 28.0 Å². The zero-order chi connectivity index (χ0) is 11.8. The Balaban J connectivity index is 2.60. The number of nitrogens with zero attached hydrogens (tertiary/aromatic N) is 1. The highest BCUT2D eigenvalue weighted by atomic mass is 19.1. The maximum absolute atomic E-state index is 13.2. The summed E-state index contributed by atoms with van der Waals surface area (Å²) in [5.74, 6) is -0.302.